The Balaban J connectivity index is 2.65. The number of amides is 4. The van der Waals surface area contributed by atoms with Gasteiger partial charge >= 0.3 is 12.0 Å². The molecule has 1 aliphatic heterocycles. The smallest absolute Gasteiger partial charge is 0.318 e. The number of carboxylic acids is 1. The van der Waals surface area contributed by atoms with Crippen LogP contribution in [0.4, 0.5) is 4.79 Å². The Morgan fingerprint density at radius 3 is 2.58 bits per heavy atom. The highest BCUT2D eigenvalue weighted by molar-refractivity contribution is 6.03. The van der Waals surface area contributed by atoms with Crippen molar-refractivity contribution in [1.29, 1.82) is 0 Å². The third-order valence-corrected chi connectivity index (χ3v) is 2.94. The Morgan fingerprint density at radius 2 is 2.05 bits per heavy atom. The van der Waals surface area contributed by atoms with Crippen LogP contribution in [0.25, 0.3) is 0 Å². The van der Waals surface area contributed by atoms with Gasteiger partial charge in [-0.3, -0.25) is 19.7 Å². The maximum absolute atomic E-state index is 11.9. The van der Waals surface area contributed by atoms with E-state index in [4.69, 9.17) is 5.11 Å². The standard InChI is InChI=1S/C11H17N3O5/c1-6-8(16)13-7(15)4-14(6)10(19)12-5-11(2,3)9(17)18/h6H,4-5H2,1-3H3,(H,12,19)(H,17,18)(H,13,15,16). The van der Waals surface area contributed by atoms with Gasteiger partial charge in [0.1, 0.15) is 12.6 Å². The maximum atomic E-state index is 11.9. The normalized spacial score (nSPS) is 19.9. The minimum absolute atomic E-state index is 0.0970. The summed E-state index contributed by atoms with van der Waals surface area (Å²) >= 11 is 0. The van der Waals surface area contributed by atoms with Gasteiger partial charge in [-0.05, 0) is 20.8 Å². The number of nitrogens with one attached hydrogen (secondary N) is 2. The highest BCUT2D eigenvalue weighted by atomic mass is 16.4. The van der Waals surface area contributed by atoms with Crippen LogP contribution in [0.3, 0.4) is 0 Å². The largest absolute Gasteiger partial charge is 0.481 e. The molecule has 0 aliphatic carbocycles. The van der Waals surface area contributed by atoms with Crippen molar-refractivity contribution in [2.24, 2.45) is 5.41 Å². The van der Waals surface area contributed by atoms with Crippen molar-refractivity contribution in [3.63, 3.8) is 0 Å². The summed E-state index contributed by atoms with van der Waals surface area (Å²) in [5.74, 6) is -2.16. The first kappa shape index (κ1) is 14.9. The highest BCUT2D eigenvalue weighted by Gasteiger charge is 2.35. The fourth-order valence-corrected chi connectivity index (χ4v) is 1.44. The van der Waals surface area contributed by atoms with Gasteiger partial charge in [0.05, 0.1) is 5.41 Å². The average Bonchev–Trinajstić information content (AvgIpc) is 2.30. The zero-order chi connectivity index (χ0) is 14.8. The quantitative estimate of drug-likeness (QED) is 0.578. The van der Waals surface area contributed by atoms with Gasteiger partial charge in [0.25, 0.3) is 0 Å². The van der Waals surface area contributed by atoms with Gasteiger partial charge in [-0.1, -0.05) is 0 Å². The van der Waals surface area contributed by atoms with Gasteiger partial charge in [-0.2, -0.15) is 0 Å². The molecule has 19 heavy (non-hydrogen) atoms. The zero-order valence-corrected chi connectivity index (χ0v) is 11.0. The van der Waals surface area contributed by atoms with E-state index >= 15 is 0 Å². The molecular weight excluding hydrogens is 254 g/mol. The molecule has 0 spiro atoms. The molecule has 0 bridgehead atoms. The van der Waals surface area contributed by atoms with Crippen LogP contribution in [0.2, 0.25) is 0 Å². The number of carboxylic acid groups (broad SMARTS) is 1. The topological polar surface area (TPSA) is 116 Å². The Morgan fingerprint density at radius 1 is 1.47 bits per heavy atom. The fraction of sp³-hybridized carbons (Fsp3) is 0.636. The van der Waals surface area contributed by atoms with Crippen molar-refractivity contribution >= 4 is 23.8 Å². The molecule has 1 unspecified atom stereocenters. The Labute approximate surface area is 110 Å². The predicted octanol–water partition coefficient (Wildman–Crippen LogP) is -0.846. The van der Waals surface area contributed by atoms with Crippen LogP contribution in [0.1, 0.15) is 20.8 Å². The lowest BCUT2D eigenvalue weighted by molar-refractivity contribution is -0.146. The maximum Gasteiger partial charge on any atom is 0.318 e. The van der Waals surface area contributed by atoms with Gasteiger partial charge < -0.3 is 15.3 Å². The number of hydrogen-bond donors (Lipinski definition) is 3. The van der Waals surface area contributed by atoms with Crippen molar-refractivity contribution in [1.82, 2.24) is 15.5 Å². The van der Waals surface area contributed by atoms with E-state index in [1.807, 2.05) is 0 Å². The Bertz CT molecular complexity index is 432. The Hall–Kier alpha value is -2.12. The van der Waals surface area contributed by atoms with Crippen molar-refractivity contribution in [3.05, 3.63) is 0 Å². The van der Waals surface area contributed by atoms with E-state index in [0.29, 0.717) is 0 Å². The molecule has 4 amide bonds. The number of piperazine rings is 1. The summed E-state index contributed by atoms with van der Waals surface area (Å²) in [4.78, 5) is 46.4. The molecule has 0 aromatic heterocycles. The lowest BCUT2D eigenvalue weighted by Gasteiger charge is -2.32. The number of imide groups is 1. The SMILES string of the molecule is CC1C(=O)NC(=O)CN1C(=O)NCC(C)(C)C(=O)O. The number of urea groups is 1. The van der Waals surface area contributed by atoms with E-state index < -0.39 is 35.3 Å². The van der Waals surface area contributed by atoms with Gasteiger partial charge in [0, 0.05) is 6.54 Å². The molecule has 0 aromatic rings. The molecule has 1 saturated heterocycles. The summed E-state index contributed by atoms with van der Waals surface area (Å²) in [6.45, 7) is 4.09. The van der Waals surface area contributed by atoms with Gasteiger partial charge in [-0.15, -0.1) is 0 Å². The molecule has 1 aliphatic rings. The zero-order valence-electron chi connectivity index (χ0n) is 11.0. The molecule has 0 radical (unpaired) electrons. The number of nitrogens with zero attached hydrogens (tertiary/aromatic N) is 1. The average molecular weight is 271 g/mol. The molecule has 0 saturated carbocycles. The molecule has 106 valence electrons. The van der Waals surface area contributed by atoms with E-state index in [0.717, 1.165) is 4.90 Å². The van der Waals surface area contributed by atoms with Crippen LogP contribution >= 0.6 is 0 Å². The molecule has 1 fully saturated rings. The number of carbonyl (C=O) groups is 4. The second-order valence-corrected chi connectivity index (χ2v) is 5.06. The predicted molar refractivity (Wildman–Crippen MR) is 64.1 cm³/mol. The first-order valence-corrected chi connectivity index (χ1v) is 5.76. The minimum Gasteiger partial charge on any atom is -0.481 e. The molecule has 3 N–H and O–H groups in total. The van der Waals surface area contributed by atoms with Crippen LogP contribution in [-0.2, 0) is 14.4 Å². The van der Waals surface area contributed by atoms with Crippen molar-refractivity contribution in [2.75, 3.05) is 13.1 Å². The van der Waals surface area contributed by atoms with Crippen molar-refractivity contribution < 1.29 is 24.3 Å². The first-order valence-electron chi connectivity index (χ1n) is 5.76. The second kappa shape index (κ2) is 5.25. The van der Waals surface area contributed by atoms with Gasteiger partial charge in [-0.25, -0.2) is 4.79 Å². The van der Waals surface area contributed by atoms with Crippen LogP contribution in [-0.4, -0.2) is 53.0 Å². The second-order valence-electron chi connectivity index (χ2n) is 5.06. The number of aliphatic carboxylic acids is 1. The summed E-state index contributed by atoms with van der Waals surface area (Å²) in [5.41, 5.74) is -1.12. The van der Waals surface area contributed by atoms with E-state index in [1.165, 1.54) is 20.8 Å². The van der Waals surface area contributed by atoms with Crippen LogP contribution in [0, 0.1) is 5.41 Å². The lowest BCUT2D eigenvalue weighted by atomic mass is 9.94. The summed E-state index contributed by atoms with van der Waals surface area (Å²) in [6, 6.07) is -1.41. The molecule has 1 rings (SSSR count). The highest BCUT2D eigenvalue weighted by Crippen LogP contribution is 2.14. The van der Waals surface area contributed by atoms with Crippen molar-refractivity contribution in [3.8, 4) is 0 Å². The molecule has 1 heterocycles. The van der Waals surface area contributed by atoms with E-state index in [1.54, 1.807) is 0 Å². The first-order chi connectivity index (χ1) is 8.65. The number of hydrogen-bond acceptors (Lipinski definition) is 4. The molecule has 8 heteroatoms. The molecule has 1 atom stereocenters. The summed E-state index contributed by atoms with van der Waals surface area (Å²) < 4.78 is 0. The third kappa shape index (κ3) is 3.43. The van der Waals surface area contributed by atoms with E-state index in [9.17, 15) is 19.2 Å². The van der Waals surface area contributed by atoms with Gasteiger partial charge in [0.15, 0.2) is 0 Å². The summed E-state index contributed by atoms with van der Waals surface area (Å²) in [5, 5.41) is 13.4. The monoisotopic (exact) mass is 271 g/mol. The van der Waals surface area contributed by atoms with E-state index in [-0.39, 0.29) is 13.1 Å². The Kier molecular flexibility index (Phi) is 4.13. The summed E-state index contributed by atoms with van der Waals surface area (Å²) in [7, 11) is 0. The van der Waals surface area contributed by atoms with Gasteiger partial charge in [0.2, 0.25) is 11.8 Å². The molecular formula is C11H17N3O5. The van der Waals surface area contributed by atoms with E-state index in [2.05, 4.69) is 10.6 Å². The number of rotatable bonds is 3. The van der Waals surface area contributed by atoms with Crippen molar-refractivity contribution in [2.45, 2.75) is 26.8 Å². The van der Waals surface area contributed by atoms with Crippen LogP contribution in [0.15, 0.2) is 0 Å². The minimum atomic E-state index is -1.12. The van der Waals surface area contributed by atoms with Crippen LogP contribution in [0.5, 0.6) is 0 Å². The summed E-state index contributed by atoms with van der Waals surface area (Å²) in [6.07, 6.45) is 0. The number of carbonyl (C=O) groups excluding carboxylic acids is 3. The third-order valence-electron chi connectivity index (χ3n) is 2.94. The molecule has 0 aromatic carbocycles. The lowest BCUT2D eigenvalue weighted by Crippen LogP contribution is -2.61. The fourth-order valence-electron chi connectivity index (χ4n) is 1.44. The molecule has 8 nitrogen and oxygen atoms in total. The van der Waals surface area contributed by atoms with Crippen LogP contribution < -0.4 is 10.6 Å².